The zero-order valence-electron chi connectivity index (χ0n) is 10.6. The third kappa shape index (κ3) is 2.56. The summed E-state index contributed by atoms with van der Waals surface area (Å²) < 4.78 is 5.28. The molecule has 1 N–H and O–H groups in total. The fourth-order valence-electron chi connectivity index (χ4n) is 2.03. The molecule has 0 aliphatic heterocycles. The summed E-state index contributed by atoms with van der Waals surface area (Å²) in [6, 6.07) is 16.9. The van der Waals surface area contributed by atoms with Gasteiger partial charge in [-0.05, 0) is 24.3 Å². The van der Waals surface area contributed by atoms with Gasteiger partial charge in [-0.25, -0.2) is 4.79 Å². The van der Waals surface area contributed by atoms with Crippen molar-refractivity contribution in [3.8, 4) is 0 Å². The van der Waals surface area contributed by atoms with E-state index in [9.17, 15) is 4.79 Å². The van der Waals surface area contributed by atoms with Crippen LogP contribution in [0.1, 0.15) is 0 Å². The highest BCUT2D eigenvalue weighted by atomic mass is 35.5. The molecule has 3 aromatic rings. The predicted molar refractivity (Wildman–Crippen MR) is 84.3 cm³/mol. The Hall–Kier alpha value is -2.20. The lowest BCUT2D eigenvalue weighted by Crippen LogP contribution is -2.34. The number of benzene rings is 2. The Morgan fingerprint density at radius 3 is 2.65 bits per heavy atom. The van der Waals surface area contributed by atoms with Gasteiger partial charge in [0.2, 0.25) is 0 Å². The molecule has 0 bridgehead atoms. The van der Waals surface area contributed by atoms with Crippen molar-refractivity contribution >= 4 is 41.1 Å². The van der Waals surface area contributed by atoms with Crippen LogP contribution in [0.5, 0.6) is 0 Å². The predicted octanol–water partition coefficient (Wildman–Crippen LogP) is 2.54. The normalized spacial score (nSPS) is 10.4. The van der Waals surface area contributed by atoms with Gasteiger partial charge in [-0.1, -0.05) is 41.9 Å². The number of para-hydroxylation sites is 2. The number of fused-ring (bicyclic) bond motifs is 1. The Morgan fingerprint density at radius 1 is 1.05 bits per heavy atom. The molecule has 0 fully saturated rings. The van der Waals surface area contributed by atoms with Crippen LogP contribution in [0.3, 0.4) is 0 Å². The molecule has 98 valence electrons. The number of hydrogen-bond acceptors (Lipinski definition) is 3. The smallest absolute Gasteiger partial charge is 0.332 e. The minimum Gasteiger partial charge on any atom is -0.427 e. The van der Waals surface area contributed by atoms with Crippen molar-refractivity contribution in [3.63, 3.8) is 0 Å². The minimum absolute atomic E-state index is 0.367. The number of halogens is 1. The largest absolute Gasteiger partial charge is 0.427 e. The molecule has 1 aromatic heterocycles. The first-order valence-corrected chi connectivity index (χ1v) is 6.62. The van der Waals surface area contributed by atoms with Crippen LogP contribution >= 0.6 is 11.6 Å². The van der Waals surface area contributed by atoms with Crippen LogP contribution in [0.25, 0.3) is 11.0 Å². The number of rotatable bonds is 3. The van der Waals surface area contributed by atoms with E-state index >= 15 is 0 Å². The number of anilines is 1. The van der Waals surface area contributed by atoms with E-state index in [0.717, 1.165) is 11.1 Å². The highest BCUT2D eigenvalue weighted by Gasteiger charge is 2.08. The molecule has 5 heteroatoms. The fourth-order valence-corrected chi connectivity index (χ4v) is 2.25. The highest BCUT2D eigenvalue weighted by molar-refractivity contribution is 6.57. The van der Waals surface area contributed by atoms with Gasteiger partial charge in [0, 0.05) is 16.5 Å². The average Bonchev–Trinajstić information content (AvgIpc) is 2.47. The van der Waals surface area contributed by atoms with Gasteiger partial charge >= 0.3 is 5.63 Å². The Morgan fingerprint density at radius 2 is 1.85 bits per heavy atom. The van der Waals surface area contributed by atoms with Crippen LogP contribution in [-0.4, -0.2) is 7.41 Å². The van der Waals surface area contributed by atoms with Crippen molar-refractivity contribution in [1.29, 1.82) is 0 Å². The van der Waals surface area contributed by atoms with Crippen molar-refractivity contribution in [3.05, 3.63) is 70.0 Å². The van der Waals surface area contributed by atoms with Gasteiger partial charge in [0.1, 0.15) is 0 Å². The first-order valence-electron chi connectivity index (χ1n) is 6.24. The second-order valence-corrected chi connectivity index (χ2v) is 4.84. The Labute approximate surface area is 121 Å². The molecular weight excluding hydrogens is 272 g/mol. The third-order valence-corrected chi connectivity index (χ3v) is 3.34. The van der Waals surface area contributed by atoms with E-state index in [1.54, 1.807) is 6.07 Å². The zero-order chi connectivity index (χ0) is 13.9. The molecule has 20 heavy (non-hydrogen) atoms. The van der Waals surface area contributed by atoms with Crippen LogP contribution in [0.15, 0.2) is 63.8 Å². The highest BCUT2D eigenvalue weighted by Crippen LogP contribution is 2.20. The van der Waals surface area contributed by atoms with Gasteiger partial charge in [-0.15, -0.1) is 0 Å². The van der Waals surface area contributed by atoms with E-state index < -0.39 is 0 Å². The van der Waals surface area contributed by atoms with Gasteiger partial charge < -0.3 is 9.64 Å². The van der Waals surface area contributed by atoms with Crippen molar-refractivity contribution in [2.24, 2.45) is 0 Å². The van der Waals surface area contributed by atoms with E-state index in [1.807, 2.05) is 48.5 Å². The minimum atomic E-state index is -0.367. The van der Waals surface area contributed by atoms with Gasteiger partial charge in [0.15, 0.2) is 5.58 Å². The second kappa shape index (κ2) is 5.43. The van der Waals surface area contributed by atoms with Crippen molar-refractivity contribution in [1.82, 2.24) is 0 Å². The fraction of sp³-hybridized carbons (Fsp3) is 0. The van der Waals surface area contributed by atoms with Gasteiger partial charge in [-0.3, -0.25) is 0 Å². The van der Waals surface area contributed by atoms with Crippen LogP contribution in [0, 0.1) is 0 Å². The topological polar surface area (TPSA) is 42.2 Å². The first-order chi connectivity index (χ1) is 9.74. The number of nitrogens with one attached hydrogen (secondary N) is 1. The average molecular weight is 284 g/mol. The quantitative estimate of drug-likeness (QED) is 0.593. The second-order valence-electron chi connectivity index (χ2n) is 4.44. The van der Waals surface area contributed by atoms with Crippen LogP contribution < -0.4 is 16.3 Å². The summed E-state index contributed by atoms with van der Waals surface area (Å²) >= 11 is 6.01. The summed E-state index contributed by atoms with van der Waals surface area (Å²) in [5.74, 6) is 0. The molecule has 0 saturated carbocycles. The summed E-state index contributed by atoms with van der Waals surface area (Å²) in [6.45, 7) is 0. The summed E-state index contributed by atoms with van der Waals surface area (Å²) in [6.07, 6.45) is 0. The van der Waals surface area contributed by atoms with Crippen molar-refractivity contribution in [2.45, 2.75) is 0 Å². The lowest BCUT2D eigenvalue weighted by Gasteiger charge is -2.05. The van der Waals surface area contributed by atoms with E-state index in [0.29, 0.717) is 23.5 Å². The van der Waals surface area contributed by atoms with Crippen LogP contribution in [-0.2, 0) is 0 Å². The monoisotopic (exact) mass is 283 g/mol. The third-order valence-electron chi connectivity index (χ3n) is 3.04. The van der Waals surface area contributed by atoms with E-state index in [4.69, 9.17) is 16.0 Å². The molecular formula is C15H11BClNO2. The molecule has 2 aromatic carbocycles. The molecule has 0 radical (unpaired) electrons. The molecule has 3 rings (SSSR count). The molecule has 0 saturated heterocycles. The summed E-state index contributed by atoms with van der Waals surface area (Å²) in [5, 5.41) is 4.46. The van der Waals surface area contributed by atoms with E-state index in [-0.39, 0.29) is 5.63 Å². The SMILES string of the molecule is O=c1oc2c(Cl)cccc2cc1BNc1ccccc1. The molecule has 1 heterocycles. The molecule has 0 aliphatic rings. The molecule has 3 nitrogen and oxygen atoms in total. The van der Waals surface area contributed by atoms with Gasteiger partial charge in [0.05, 0.1) is 5.02 Å². The molecule has 0 atom stereocenters. The maximum Gasteiger partial charge on any atom is 0.332 e. The Kier molecular flexibility index (Phi) is 3.48. The molecule has 0 amide bonds. The number of hydrogen-bond donors (Lipinski definition) is 1. The lowest BCUT2D eigenvalue weighted by atomic mass is 9.83. The maximum absolute atomic E-state index is 11.9. The Balaban J connectivity index is 1.92. The summed E-state index contributed by atoms with van der Waals surface area (Å²) in [4.78, 5) is 11.9. The summed E-state index contributed by atoms with van der Waals surface area (Å²) in [7, 11) is 0.412. The standard InChI is InChI=1S/C15H11BClNO2/c17-13-8-4-5-10-9-12(15(19)20-14(10)13)16-18-11-6-2-1-3-7-11/h1-9,16,18H. The van der Waals surface area contributed by atoms with Crippen LogP contribution in [0.2, 0.25) is 5.02 Å². The van der Waals surface area contributed by atoms with E-state index in [2.05, 4.69) is 5.23 Å². The van der Waals surface area contributed by atoms with Crippen LogP contribution in [0.4, 0.5) is 5.69 Å². The van der Waals surface area contributed by atoms with Crippen molar-refractivity contribution < 1.29 is 4.42 Å². The first kappa shape index (κ1) is 12.8. The van der Waals surface area contributed by atoms with Crippen molar-refractivity contribution in [2.75, 3.05) is 5.23 Å². The maximum atomic E-state index is 11.9. The van der Waals surface area contributed by atoms with Gasteiger partial charge in [0.25, 0.3) is 7.41 Å². The molecule has 0 aliphatic carbocycles. The zero-order valence-corrected chi connectivity index (χ0v) is 11.4. The molecule has 0 spiro atoms. The van der Waals surface area contributed by atoms with Gasteiger partial charge in [-0.2, -0.15) is 0 Å². The lowest BCUT2D eigenvalue weighted by molar-refractivity contribution is 0.566. The Bertz CT molecular complexity index is 802. The summed E-state index contributed by atoms with van der Waals surface area (Å²) in [5.41, 5.74) is 1.60. The van der Waals surface area contributed by atoms with E-state index in [1.165, 1.54) is 0 Å². The molecule has 0 unspecified atom stereocenters.